The molecule has 2 aromatic heterocycles. The number of aliphatic hydroxyl groups is 1. The van der Waals surface area contributed by atoms with Gasteiger partial charge in [-0.05, 0) is 11.8 Å². The maximum absolute atomic E-state index is 11.7. The Labute approximate surface area is 134 Å². The summed E-state index contributed by atoms with van der Waals surface area (Å²) >= 11 is 4.34. The molecule has 3 unspecified atom stereocenters. The summed E-state index contributed by atoms with van der Waals surface area (Å²) < 4.78 is 11.8. The molecular formula is C10H14N5O6PS. The van der Waals surface area contributed by atoms with E-state index in [9.17, 15) is 9.90 Å². The molecule has 0 aliphatic carbocycles. The van der Waals surface area contributed by atoms with E-state index < -0.39 is 30.7 Å². The molecule has 1 fully saturated rings. The third-order valence-corrected chi connectivity index (χ3v) is 4.17. The van der Waals surface area contributed by atoms with Crippen molar-refractivity contribution >= 4 is 35.6 Å². The van der Waals surface area contributed by atoms with Crippen LogP contribution in [0.25, 0.3) is 11.2 Å². The first-order valence-electron chi connectivity index (χ1n) is 6.50. The van der Waals surface area contributed by atoms with Crippen molar-refractivity contribution in [3.8, 4) is 0 Å². The van der Waals surface area contributed by atoms with E-state index in [1.54, 1.807) is 0 Å². The van der Waals surface area contributed by atoms with Crippen LogP contribution in [0.1, 0.15) is 12.6 Å². The molecule has 23 heavy (non-hydrogen) atoms. The minimum atomic E-state index is -3.83. The summed E-state index contributed by atoms with van der Waals surface area (Å²) in [5.74, 6) is -0.0658. The first-order chi connectivity index (χ1) is 10.7. The van der Waals surface area contributed by atoms with Gasteiger partial charge in [-0.25, -0.2) is 4.98 Å². The number of ether oxygens (including phenoxy) is 1. The van der Waals surface area contributed by atoms with Crippen LogP contribution in [0.4, 0.5) is 5.95 Å². The van der Waals surface area contributed by atoms with Crippen molar-refractivity contribution in [1.82, 2.24) is 19.5 Å². The number of aliphatic hydroxyl groups excluding tert-OH is 1. The van der Waals surface area contributed by atoms with Crippen LogP contribution in [-0.4, -0.2) is 53.2 Å². The van der Waals surface area contributed by atoms with Gasteiger partial charge >= 0.3 is 6.72 Å². The molecule has 0 saturated carbocycles. The number of nitrogens with zero attached hydrogens (tertiary/aromatic N) is 3. The van der Waals surface area contributed by atoms with Gasteiger partial charge in [0.25, 0.3) is 5.56 Å². The van der Waals surface area contributed by atoms with Crippen LogP contribution in [0, 0.1) is 0 Å². The molecule has 13 heteroatoms. The Morgan fingerprint density at radius 3 is 3.04 bits per heavy atom. The molecule has 1 aliphatic rings. The smallest absolute Gasteiger partial charge is 0.321 e. The van der Waals surface area contributed by atoms with Crippen molar-refractivity contribution in [3.05, 3.63) is 16.7 Å². The summed E-state index contributed by atoms with van der Waals surface area (Å²) in [4.78, 5) is 40.2. The molecule has 2 aromatic rings. The van der Waals surface area contributed by atoms with Crippen molar-refractivity contribution in [2.24, 2.45) is 0 Å². The molecule has 3 heterocycles. The Morgan fingerprint density at radius 1 is 1.61 bits per heavy atom. The summed E-state index contributed by atoms with van der Waals surface area (Å²) in [5, 5.41) is 10.00. The van der Waals surface area contributed by atoms with Gasteiger partial charge in [0.05, 0.1) is 19.0 Å². The Morgan fingerprint density at radius 2 is 2.35 bits per heavy atom. The summed E-state index contributed by atoms with van der Waals surface area (Å²) in [6, 6.07) is 0. The highest BCUT2D eigenvalue weighted by Gasteiger charge is 2.36. The van der Waals surface area contributed by atoms with Gasteiger partial charge < -0.3 is 29.9 Å². The number of fused-ring (bicyclic) bond motifs is 1. The Kier molecular flexibility index (Phi) is 4.23. The molecule has 1 aliphatic heterocycles. The maximum atomic E-state index is 11.7. The maximum Gasteiger partial charge on any atom is 0.321 e. The largest absolute Gasteiger partial charge is 0.390 e. The Bertz CT molecular complexity index is 833. The minimum Gasteiger partial charge on any atom is -0.390 e. The van der Waals surface area contributed by atoms with E-state index in [2.05, 4.69) is 26.8 Å². The van der Waals surface area contributed by atoms with E-state index in [0.717, 1.165) is 0 Å². The van der Waals surface area contributed by atoms with Crippen LogP contribution in [0.3, 0.4) is 0 Å². The number of aromatic nitrogens is 4. The second kappa shape index (κ2) is 5.91. The van der Waals surface area contributed by atoms with Crippen LogP contribution < -0.4 is 11.3 Å². The quantitative estimate of drug-likeness (QED) is 0.406. The molecule has 1 saturated heterocycles. The average molecular weight is 363 g/mol. The van der Waals surface area contributed by atoms with E-state index in [0.29, 0.717) is 0 Å². The number of hydrogen-bond acceptors (Lipinski definition) is 8. The standard InChI is InChI=1S/C10H14N5O6PS/c11-10-13-8-7(9(17)14-10)12-3-15(8)6-1-4(16)5(21-6)2-20-22(18,19)23/h3-6,16H,1-2H2,(H2,18,19,23)(H3,11,13,14,17). The van der Waals surface area contributed by atoms with E-state index in [4.69, 9.17) is 24.8 Å². The number of nitrogen functional groups attached to an aromatic ring is 1. The highest BCUT2D eigenvalue weighted by molar-refractivity contribution is 8.06. The van der Waals surface area contributed by atoms with E-state index >= 15 is 0 Å². The molecule has 0 aromatic carbocycles. The Balaban J connectivity index is 1.84. The molecule has 11 nitrogen and oxygen atoms in total. The van der Waals surface area contributed by atoms with Crippen molar-refractivity contribution in [3.63, 3.8) is 0 Å². The van der Waals surface area contributed by atoms with Gasteiger partial charge in [0, 0.05) is 6.42 Å². The molecule has 0 spiro atoms. The van der Waals surface area contributed by atoms with E-state index in [1.807, 2.05) is 0 Å². The van der Waals surface area contributed by atoms with Crippen molar-refractivity contribution in [2.45, 2.75) is 24.9 Å². The number of rotatable bonds is 4. The molecule has 6 N–H and O–H groups in total. The van der Waals surface area contributed by atoms with Gasteiger partial charge in [-0.3, -0.25) is 14.3 Å². The van der Waals surface area contributed by atoms with Crippen LogP contribution in [0.2, 0.25) is 0 Å². The zero-order valence-corrected chi connectivity index (χ0v) is 13.3. The van der Waals surface area contributed by atoms with Gasteiger partial charge in [-0.15, -0.1) is 0 Å². The van der Waals surface area contributed by atoms with Crippen LogP contribution in [-0.2, 0) is 21.1 Å². The van der Waals surface area contributed by atoms with Crippen LogP contribution >= 0.6 is 6.72 Å². The summed E-state index contributed by atoms with van der Waals surface area (Å²) in [6.07, 6.45) is -0.854. The lowest BCUT2D eigenvalue weighted by atomic mass is 10.2. The second-order valence-electron chi connectivity index (χ2n) is 4.99. The van der Waals surface area contributed by atoms with Gasteiger partial charge in [-0.1, -0.05) is 0 Å². The molecule has 0 bridgehead atoms. The minimum absolute atomic E-state index is 0.0658. The second-order valence-corrected chi connectivity index (χ2v) is 7.66. The third-order valence-electron chi connectivity index (χ3n) is 3.37. The SMILES string of the molecule is Nc1nc2c(ncn2C2CC(O)C(COP(O)(O)=S)O2)c(=O)[nH]1. The lowest BCUT2D eigenvalue weighted by Gasteiger charge is -2.17. The number of H-pyrrole nitrogens is 1. The number of imidazole rings is 1. The van der Waals surface area contributed by atoms with E-state index in [1.165, 1.54) is 10.9 Å². The Hall–Kier alpha value is -1.40. The predicted molar refractivity (Wildman–Crippen MR) is 81.8 cm³/mol. The first-order valence-corrected chi connectivity index (χ1v) is 9.13. The fourth-order valence-electron chi connectivity index (χ4n) is 2.36. The normalized spacial score (nSPS) is 25.3. The molecule has 3 atom stereocenters. The topological polar surface area (TPSA) is 169 Å². The predicted octanol–water partition coefficient (Wildman–Crippen LogP) is -1.42. The average Bonchev–Trinajstić information content (AvgIpc) is 2.99. The summed E-state index contributed by atoms with van der Waals surface area (Å²) in [6.45, 7) is -4.10. The van der Waals surface area contributed by atoms with Crippen molar-refractivity contribution in [1.29, 1.82) is 0 Å². The van der Waals surface area contributed by atoms with Gasteiger partial charge in [0.15, 0.2) is 11.2 Å². The molecule has 3 rings (SSSR count). The zero-order valence-electron chi connectivity index (χ0n) is 11.6. The zero-order chi connectivity index (χ0) is 16.8. The third kappa shape index (κ3) is 3.43. The summed E-state index contributed by atoms with van der Waals surface area (Å²) in [5.41, 5.74) is 5.36. The number of hydrogen-bond donors (Lipinski definition) is 5. The highest BCUT2D eigenvalue weighted by Crippen LogP contribution is 2.38. The number of aromatic amines is 1. The first kappa shape index (κ1) is 16.5. The molecule has 0 radical (unpaired) electrons. The highest BCUT2D eigenvalue weighted by atomic mass is 32.5. The number of nitrogens with one attached hydrogen (secondary N) is 1. The van der Waals surface area contributed by atoms with Gasteiger partial charge in [0.1, 0.15) is 12.3 Å². The fourth-order valence-corrected chi connectivity index (χ4v) is 2.88. The molecular weight excluding hydrogens is 349 g/mol. The molecule has 0 amide bonds. The van der Waals surface area contributed by atoms with Gasteiger partial charge in [0.2, 0.25) is 5.95 Å². The molecule has 126 valence electrons. The number of anilines is 1. The monoisotopic (exact) mass is 363 g/mol. The van der Waals surface area contributed by atoms with Crippen LogP contribution in [0.15, 0.2) is 11.1 Å². The van der Waals surface area contributed by atoms with Crippen molar-refractivity contribution in [2.75, 3.05) is 12.3 Å². The lowest BCUT2D eigenvalue weighted by molar-refractivity contribution is -0.0399. The number of nitrogens with two attached hydrogens (primary N) is 1. The lowest BCUT2D eigenvalue weighted by Crippen LogP contribution is -2.25. The fraction of sp³-hybridized carbons (Fsp3) is 0.500. The van der Waals surface area contributed by atoms with Crippen molar-refractivity contribution < 1.29 is 24.2 Å². The van der Waals surface area contributed by atoms with E-state index in [-0.39, 0.29) is 30.1 Å². The van der Waals surface area contributed by atoms with Gasteiger partial charge in [-0.2, -0.15) is 4.98 Å². The summed E-state index contributed by atoms with van der Waals surface area (Å²) in [7, 11) is 0. The van der Waals surface area contributed by atoms with Crippen LogP contribution in [0.5, 0.6) is 0 Å².